The molecule has 0 saturated carbocycles. The molecule has 2 aromatic carbocycles. The molecule has 1 aromatic heterocycles. The number of anilines is 1. The predicted molar refractivity (Wildman–Crippen MR) is 101 cm³/mol. The number of carbonyl (C=O) groups excluding carboxylic acids is 1. The van der Waals surface area contributed by atoms with Gasteiger partial charge in [-0.05, 0) is 42.0 Å². The van der Waals surface area contributed by atoms with E-state index in [1.807, 2.05) is 48.5 Å². The van der Waals surface area contributed by atoms with Crippen LogP contribution in [-0.4, -0.2) is 15.9 Å². The first-order valence-electron chi connectivity index (χ1n) is 7.80. The Labute approximate surface area is 151 Å². The SMILES string of the molecule is C=CC(=O)Nc1cccc(Cc2nccc(Sc3ccccc3)n2)c1. The summed E-state index contributed by atoms with van der Waals surface area (Å²) in [5.41, 5.74) is 1.76. The van der Waals surface area contributed by atoms with Crippen LogP contribution in [-0.2, 0) is 11.2 Å². The minimum atomic E-state index is -0.227. The lowest BCUT2D eigenvalue weighted by atomic mass is 10.1. The maximum Gasteiger partial charge on any atom is 0.247 e. The lowest BCUT2D eigenvalue weighted by molar-refractivity contribution is -0.111. The Morgan fingerprint density at radius 1 is 1.12 bits per heavy atom. The minimum Gasteiger partial charge on any atom is -0.323 e. The summed E-state index contributed by atoms with van der Waals surface area (Å²) in [5, 5.41) is 3.67. The second-order valence-electron chi connectivity index (χ2n) is 5.30. The summed E-state index contributed by atoms with van der Waals surface area (Å²) < 4.78 is 0. The van der Waals surface area contributed by atoms with Crippen LogP contribution >= 0.6 is 11.8 Å². The highest BCUT2D eigenvalue weighted by Gasteiger charge is 2.05. The van der Waals surface area contributed by atoms with Crippen molar-refractivity contribution >= 4 is 23.4 Å². The molecule has 124 valence electrons. The summed E-state index contributed by atoms with van der Waals surface area (Å²) in [6, 6.07) is 19.7. The maximum absolute atomic E-state index is 11.4. The van der Waals surface area contributed by atoms with E-state index >= 15 is 0 Å². The van der Waals surface area contributed by atoms with Crippen molar-refractivity contribution in [1.82, 2.24) is 9.97 Å². The van der Waals surface area contributed by atoms with Gasteiger partial charge in [0.15, 0.2) is 0 Å². The Kier molecular flexibility index (Phi) is 5.59. The molecule has 4 nitrogen and oxygen atoms in total. The van der Waals surface area contributed by atoms with Crippen LogP contribution in [0.4, 0.5) is 5.69 Å². The third kappa shape index (κ3) is 5.02. The van der Waals surface area contributed by atoms with Crippen LogP contribution in [0, 0.1) is 0 Å². The lowest BCUT2D eigenvalue weighted by Gasteiger charge is -2.06. The van der Waals surface area contributed by atoms with Gasteiger partial charge in [-0.1, -0.05) is 48.7 Å². The molecule has 25 heavy (non-hydrogen) atoms. The summed E-state index contributed by atoms with van der Waals surface area (Å²) >= 11 is 1.61. The van der Waals surface area contributed by atoms with E-state index in [9.17, 15) is 4.79 Å². The van der Waals surface area contributed by atoms with Crippen molar-refractivity contribution in [1.29, 1.82) is 0 Å². The van der Waals surface area contributed by atoms with Gasteiger partial charge in [-0.2, -0.15) is 0 Å². The number of nitrogens with one attached hydrogen (secondary N) is 1. The summed E-state index contributed by atoms with van der Waals surface area (Å²) in [6.45, 7) is 3.46. The predicted octanol–water partition coefficient (Wildman–Crippen LogP) is 4.34. The molecule has 1 amide bonds. The molecular formula is C20H17N3OS. The van der Waals surface area contributed by atoms with Crippen molar-refractivity contribution in [2.45, 2.75) is 16.3 Å². The highest BCUT2D eigenvalue weighted by Crippen LogP contribution is 2.25. The molecule has 0 aliphatic carbocycles. The average Bonchev–Trinajstić information content (AvgIpc) is 2.63. The van der Waals surface area contributed by atoms with E-state index in [2.05, 4.69) is 34.0 Å². The van der Waals surface area contributed by atoms with Gasteiger partial charge in [0.1, 0.15) is 10.9 Å². The van der Waals surface area contributed by atoms with Crippen molar-refractivity contribution in [2.24, 2.45) is 0 Å². The summed E-state index contributed by atoms with van der Waals surface area (Å²) in [4.78, 5) is 21.5. The largest absolute Gasteiger partial charge is 0.323 e. The van der Waals surface area contributed by atoms with Crippen LogP contribution in [0.3, 0.4) is 0 Å². The van der Waals surface area contributed by atoms with E-state index in [-0.39, 0.29) is 5.91 Å². The number of hydrogen-bond donors (Lipinski definition) is 1. The lowest BCUT2D eigenvalue weighted by Crippen LogP contribution is -2.07. The van der Waals surface area contributed by atoms with Gasteiger partial charge >= 0.3 is 0 Å². The van der Waals surface area contributed by atoms with Crippen LogP contribution in [0.1, 0.15) is 11.4 Å². The monoisotopic (exact) mass is 347 g/mol. The van der Waals surface area contributed by atoms with E-state index in [1.165, 1.54) is 6.08 Å². The zero-order chi connectivity index (χ0) is 17.5. The van der Waals surface area contributed by atoms with E-state index < -0.39 is 0 Å². The molecular weight excluding hydrogens is 330 g/mol. The maximum atomic E-state index is 11.4. The van der Waals surface area contributed by atoms with Gasteiger partial charge in [0.2, 0.25) is 5.91 Å². The number of nitrogens with zero attached hydrogens (tertiary/aromatic N) is 2. The molecule has 1 N–H and O–H groups in total. The summed E-state index contributed by atoms with van der Waals surface area (Å²) in [5.74, 6) is 0.516. The molecule has 0 bridgehead atoms. The Balaban J connectivity index is 1.73. The number of carbonyl (C=O) groups is 1. The van der Waals surface area contributed by atoms with Gasteiger partial charge in [-0.15, -0.1) is 0 Å². The molecule has 0 aliphatic heterocycles. The molecule has 0 atom stereocenters. The van der Waals surface area contributed by atoms with Gasteiger partial charge in [-0.3, -0.25) is 4.79 Å². The zero-order valence-electron chi connectivity index (χ0n) is 13.6. The quantitative estimate of drug-likeness (QED) is 0.532. The van der Waals surface area contributed by atoms with Gasteiger partial charge in [0.25, 0.3) is 0 Å². The van der Waals surface area contributed by atoms with Crippen molar-refractivity contribution in [2.75, 3.05) is 5.32 Å². The number of rotatable bonds is 6. The van der Waals surface area contributed by atoms with Crippen LogP contribution in [0.5, 0.6) is 0 Å². The highest BCUT2D eigenvalue weighted by atomic mass is 32.2. The number of hydrogen-bond acceptors (Lipinski definition) is 4. The van der Waals surface area contributed by atoms with Gasteiger partial charge in [0, 0.05) is 23.2 Å². The van der Waals surface area contributed by atoms with Crippen molar-refractivity contribution in [3.8, 4) is 0 Å². The van der Waals surface area contributed by atoms with Gasteiger partial charge in [0.05, 0.1) is 0 Å². The molecule has 3 aromatic rings. The van der Waals surface area contributed by atoms with Crippen LogP contribution in [0.2, 0.25) is 0 Å². The Morgan fingerprint density at radius 2 is 1.96 bits per heavy atom. The molecule has 0 fully saturated rings. The summed E-state index contributed by atoms with van der Waals surface area (Å²) in [6.07, 6.45) is 3.62. The third-order valence-electron chi connectivity index (χ3n) is 3.39. The molecule has 0 saturated heterocycles. The standard InChI is InChI=1S/C20H17N3OS/c1-2-19(24)22-16-8-6-7-15(13-16)14-18-21-12-11-20(23-18)25-17-9-4-3-5-10-17/h2-13H,1,14H2,(H,22,24). The molecule has 0 radical (unpaired) electrons. The van der Waals surface area contributed by atoms with Crippen molar-refractivity contribution in [3.63, 3.8) is 0 Å². The molecule has 0 unspecified atom stereocenters. The third-order valence-corrected chi connectivity index (χ3v) is 4.33. The number of amides is 1. The van der Waals surface area contributed by atoms with E-state index in [4.69, 9.17) is 0 Å². The Morgan fingerprint density at radius 3 is 2.76 bits per heavy atom. The molecule has 5 heteroatoms. The zero-order valence-corrected chi connectivity index (χ0v) is 14.4. The van der Waals surface area contributed by atoms with Crippen LogP contribution in [0.15, 0.2) is 89.4 Å². The first kappa shape index (κ1) is 16.9. The second-order valence-corrected chi connectivity index (χ2v) is 6.39. The smallest absolute Gasteiger partial charge is 0.247 e. The minimum absolute atomic E-state index is 0.227. The molecule has 0 aliphatic rings. The first-order valence-corrected chi connectivity index (χ1v) is 8.62. The second kappa shape index (κ2) is 8.26. The van der Waals surface area contributed by atoms with Gasteiger partial charge in [-0.25, -0.2) is 9.97 Å². The molecule has 0 spiro atoms. The van der Waals surface area contributed by atoms with E-state index in [0.717, 1.165) is 27.0 Å². The first-order chi connectivity index (χ1) is 12.2. The van der Waals surface area contributed by atoms with E-state index in [0.29, 0.717) is 6.42 Å². The van der Waals surface area contributed by atoms with Crippen LogP contribution < -0.4 is 5.32 Å². The number of aromatic nitrogens is 2. The fraction of sp³-hybridized carbons (Fsp3) is 0.0500. The fourth-order valence-electron chi connectivity index (χ4n) is 2.27. The molecule has 1 heterocycles. The fourth-order valence-corrected chi connectivity index (χ4v) is 3.08. The van der Waals surface area contributed by atoms with Crippen molar-refractivity contribution < 1.29 is 4.79 Å². The summed E-state index contributed by atoms with van der Waals surface area (Å²) in [7, 11) is 0. The van der Waals surface area contributed by atoms with Crippen LogP contribution in [0.25, 0.3) is 0 Å². The van der Waals surface area contributed by atoms with E-state index in [1.54, 1.807) is 18.0 Å². The van der Waals surface area contributed by atoms with Gasteiger partial charge < -0.3 is 5.32 Å². The topological polar surface area (TPSA) is 54.9 Å². The van der Waals surface area contributed by atoms with Crippen molar-refractivity contribution in [3.05, 3.63) is 90.9 Å². The molecule has 3 rings (SSSR count). The Bertz CT molecular complexity index is 881. The number of benzene rings is 2. The highest BCUT2D eigenvalue weighted by molar-refractivity contribution is 7.99. The average molecular weight is 347 g/mol. The Hall–Kier alpha value is -2.92. The normalized spacial score (nSPS) is 10.2.